The summed E-state index contributed by atoms with van der Waals surface area (Å²) in [6, 6.07) is 5.83. The first kappa shape index (κ1) is 16.3. The summed E-state index contributed by atoms with van der Waals surface area (Å²) < 4.78 is 8.05. The van der Waals surface area contributed by atoms with Crippen molar-refractivity contribution in [1.29, 1.82) is 0 Å². The minimum Gasteiger partial charge on any atom is -0.375 e. The van der Waals surface area contributed by atoms with Crippen molar-refractivity contribution in [3.8, 4) is 0 Å². The molecule has 25 heavy (non-hydrogen) atoms. The number of hydrogen-bond donors (Lipinski definition) is 0. The number of carbonyl (C=O) groups is 1. The third-order valence-electron chi connectivity index (χ3n) is 4.93. The lowest BCUT2D eigenvalue weighted by atomic mass is 10.1. The second kappa shape index (κ2) is 7.35. The van der Waals surface area contributed by atoms with Crippen molar-refractivity contribution in [3.63, 3.8) is 0 Å². The molecule has 0 spiro atoms. The summed E-state index contributed by atoms with van der Waals surface area (Å²) in [6.07, 6.45) is 8.60. The molecule has 6 nitrogen and oxygen atoms in total. The van der Waals surface area contributed by atoms with E-state index in [-0.39, 0.29) is 11.8 Å². The highest BCUT2D eigenvalue weighted by Gasteiger charge is 2.30. The van der Waals surface area contributed by atoms with Gasteiger partial charge in [0, 0.05) is 37.8 Å². The number of amides is 1. The molecular weight excluding hydrogens is 316 g/mol. The molecular formula is C19H24N4O2. The van der Waals surface area contributed by atoms with Crippen LogP contribution in [0.25, 0.3) is 0 Å². The van der Waals surface area contributed by atoms with E-state index in [2.05, 4.69) is 14.5 Å². The van der Waals surface area contributed by atoms with Crippen LogP contribution < -0.4 is 0 Å². The molecule has 0 radical (unpaired) electrons. The van der Waals surface area contributed by atoms with Crippen LogP contribution >= 0.6 is 0 Å². The Kier molecular flexibility index (Phi) is 4.78. The number of fused-ring (bicyclic) bond motifs is 1. The Morgan fingerprint density at radius 1 is 1.24 bits per heavy atom. The molecule has 1 atom stereocenters. The molecule has 0 unspecified atom stereocenters. The molecule has 132 valence electrons. The third-order valence-corrected chi connectivity index (χ3v) is 4.93. The van der Waals surface area contributed by atoms with Gasteiger partial charge in [-0.2, -0.15) is 0 Å². The molecule has 1 saturated carbocycles. The van der Waals surface area contributed by atoms with Gasteiger partial charge in [0.15, 0.2) is 0 Å². The summed E-state index contributed by atoms with van der Waals surface area (Å²) in [5.41, 5.74) is 2.04. The fourth-order valence-corrected chi connectivity index (χ4v) is 3.36. The summed E-state index contributed by atoms with van der Waals surface area (Å²) in [5, 5.41) is 0. The largest absolute Gasteiger partial charge is 0.375 e. The zero-order valence-corrected chi connectivity index (χ0v) is 14.4. The van der Waals surface area contributed by atoms with Crippen LogP contribution in [0.3, 0.4) is 0 Å². The third kappa shape index (κ3) is 4.25. The highest BCUT2D eigenvalue weighted by molar-refractivity contribution is 5.76. The predicted octanol–water partition coefficient (Wildman–Crippen LogP) is 2.25. The van der Waals surface area contributed by atoms with Crippen molar-refractivity contribution in [1.82, 2.24) is 19.4 Å². The SMILES string of the molecule is O=C(CC1CC1)N1Cc2cncn2C[C@H](COCc2ccccn2)C1. The molecule has 2 aliphatic rings. The van der Waals surface area contributed by atoms with Gasteiger partial charge in [-0.3, -0.25) is 9.78 Å². The first-order chi connectivity index (χ1) is 12.3. The second-order valence-electron chi connectivity index (χ2n) is 7.16. The maximum atomic E-state index is 12.6. The molecule has 1 fully saturated rings. The van der Waals surface area contributed by atoms with Gasteiger partial charge in [-0.05, 0) is 30.9 Å². The zero-order chi connectivity index (χ0) is 17.1. The average molecular weight is 340 g/mol. The van der Waals surface area contributed by atoms with Gasteiger partial charge in [-0.1, -0.05) is 6.07 Å². The topological polar surface area (TPSA) is 60.2 Å². The van der Waals surface area contributed by atoms with Crippen LogP contribution in [0.4, 0.5) is 0 Å². The van der Waals surface area contributed by atoms with Crippen LogP contribution in [0.1, 0.15) is 30.7 Å². The highest BCUT2D eigenvalue weighted by atomic mass is 16.5. The zero-order valence-electron chi connectivity index (χ0n) is 14.4. The lowest BCUT2D eigenvalue weighted by Crippen LogP contribution is -2.35. The van der Waals surface area contributed by atoms with E-state index in [4.69, 9.17) is 4.74 Å². The number of hydrogen-bond acceptors (Lipinski definition) is 4. The first-order valence-corrected chi connectivity index (χ1v) is 9.02. The standard InChI is InChI=1S/C19H24N4O2/c24-19(7-15-4-5-15)22-9-16(10-23-14-20-8-18(23)11-22)12-25-13-17-3-1-2-6-21-17/h1-3,6,8,14-16H,4-5,7,9-13H2/t16-/m1/s1. The van der Waals surface area contributed by atoms with Crippen LogP contribution in [-0.4, -0.2) is 38.5 Å². The molecule has 3 heterocycles. The van der Waals surface area contributed by atoms with E-state index in [9.17, 15) is 4.79 Å². The second-order valence-corrected chi connectivity index (χ2v) is 7.16. The van der Waals surface area contributed by atoms with Gasteiger partial charge in [0.2, 0.25) is 5.91 Å². The Morgan fingerprint density at radius 3 is 2.96 bits per heavy atom. The van der Waals surface area contributed by atoms with Gasteiger partial charge >= 0.3 is 0 Å². The van der Waals surface area contributed by atoms with Crippen molar-refractivity contribution in [2.24, 2.45) is 11.8 Å². The maximum Gasteiger partial charge on any atom is 0.223 e. The van der Waals surface area contributed by atoms with Crippen molar-refractivity contribution in [3.05, 3.63) is 48.3 Å². The van der Waals surface area contributed by atoms with Crippen molar-refractivity contribution < 1.29 is 9.53 Å². The first-order valence-electron chi connectivity index (χ1n) is 9.02. The van der Waals surface area contributed by atoms with E-state index in [1.54, 1.807) is 6.20 Å². The van der Waals surface area contributed by atoms with E-state index >= 15 is 0 Å². The highest BCUT2D eigenvalue weighted by Crippen LogP contribution is 2.33. The summed E-state index contributed by atoms with van der Waals surface area (Å²) in [5.74, 6) is 1.15. The molecule has 1 amide bonds. The Hall–Kier alpha value is -2.21. The number of carbonyl (C=O) groups excluding carboxylic acids is 1. The van der Waals surface area contributed by atoms with Crippen LogP contribution in [0.5, 0.6) is 0 Å². The van der Waals surface area contributed by atoms with E-state index in [1.807, 2.05) is 35.6 Å². The fourth-order valence-electron chi connectivity index (χ4n) is 3.36. The molecule has 6 heteroatoms. The number of rotatable bonds is 6. The average Bonchev–Trinajstić information content (AvgIpc) is 3.37. The minimum absolute atomic E-state index is 0.266. The lowest BCUT2D eigenvalue weighted by Gasteiger charge is -2.24. The Balaban J connectivity index is 1.38. The Labute approximate surface area is 147 Å². The molecule has 1 aliphatic carbocycles. The number of nitrogens with zero attached hydrogens (tertiary/aromatic N) is 4. The van der Waals surface area contributed by atoms with E-state index < -0.39 is 0 Å². The van der Waals surface area contributed by atoms with Gasteiger partial charge in [0.25, 0.3) is 0 Å². The predicted molar refractivity (Wildman–Crippen MR) is 92.4 cm³/mol. The monoisotopic (exact) mass is 340 g/mol. The van der Waals surface area contributed by atoms with Crippen molar-refractivity contribution >= 4 is 5.91 Å². The molecule has 0 saturated heterocycles. The quantitative estimate of drug-likeness (QED) is 0.809. The smallest absolute Gasteiger partial charge is 0.223 e. The summed E-state index contributed by atoms with van der Waals surface area (Å²) in [7, 11) is 0. The summed E-state index contributed by atoms with van der Waals surface area (Å²) >= 11 is 0. The molecule has 0 bridgehead atoms. The van der Waals surface area contributed by atoms with Crippen LogP contribution in [-0.2, 0) is 29.2 Å². The normalized spacial score (nSPS) is 20.2. The Morgan fingerprint density at radius 2 is 2.16 bits per heavy atom. The molecule has 2 aromatic heterocycles. The molecule has 0 aromatic carbocycles. The van der Waals surface area contributed by atoms with Gasteiger partial charge < -0.3 is 14.2 Å². The van der Waals surface area contributed by atoms with E-state index in [0.717, 1.165) is 24.5 Å². The number of imidazole rings is 1. The summed E-state index contributed by atoms with van der Waals surface area (Å²) in [6.45, 7) is 3.36. The number of aromatic nitrogens is 3. The van der Waals surface area contributed by atoms with Gasteiger partial charge in [0.05, 0.1) is 37.5 Å². The molecule has 0 N–H and O–H groups in total. The fraction of sp³-hybridized carbons (Fsp3) is 0.526. The van der Waals surface area contributed by atoms with Crippen molar-refractivity contribution in [2.75, 3.05) is 13.2 Å². The van der Waals surface area contributed by atoms with Crippen molar-refractivity contribution in [2.45, 2.75) is 39.0 Å². The number of ether oxygens (including phenoxy) is 1. The van der Waals surface area contributed by atoms with Gasteiger partial charge in [-0.15, -0.1) is 0 Å². The van der Waals surface area contributed by atoms with E-state index in [0.29, 0.717) is 32.1 Å². The maximum absolute atomic E-state index is 12.6. The molecule has 4 rings (SSSR count). The molecule has 1 aliphatic heterocycles. The lowest BCUT2D eigenvalue weighted by molar-refractivity contribution is -0.133. The molecule has 2 aromatic rings. The minimum atomic E-state index is 0.266. The van der Waals surface area contributed by atoms with E-state index in [1.165, 1.54) is 12.8 Å². The van der Waals surface area contributed by atoms with Crippen LogP contribution in [0.15, 0.2) is 36.9 Å². The van der Waals surface area contributed by atoms with Gasteiger partial charge in [-0.25, -0.2) is 4.98 Å². The number of pyridine rings is 1. The summed E-state index contributed by atoms with van der Waals surface area (Å²) in [4.78, 5) is 23.1. The van der Waals surface area contributed by atoms with Crippen LogP contribution in [0.2, 0.25) is 0 Å². The Bertz CT molecular complexity index is 711. The van der Waals surface area contributed by atoms with Gasteiger partial charge in [0.1, 0.15) is 0 Å². The van der Waals surface area contributed by atoms with Crippen LogP contribution in [0, 0.1) is 11.8 Å².